The zero-order chi connectivity index (χ0) is 32.6. The number of morpholine rings is 2. The van der Waals surface area contributed by atoms with Crippen LogP contribution in [0, 0.1) is 11.8 Å². The van der Waals surface area contributed by atoms with Gasteiger partial charge >= 0.3 is 6.03 Å². The Morgan fingerprint density at radius 2 is 1.45 bits per heavy atom. The number of urea groups is 1. The minimum atomic E-state index is -0.979. The van der Waals surface area contributed by atoms with E-state index in [0.717, 1.165) is 44.0 Å². The van der Waals surface area contributed by atoms with Gasteiger partial charge in [-0.3, -0.25) is 20.3 Å². The predicted octanol–water partition coefficient (Wildman–Crippen LogP) is 3.06. The van der Waals surface area contributed by atoms with Crippen LogP contribution in [0.2, 0.25) is 0 Å². The zero-order valence-corrected chi connectivity index (χ0v) is 25.6. The minimum Gasteiger partial charge on any atom is -0.504 e. The van der Waals surface area contributed by atoms with Crippen LogP contribution in [0.5, 0.6) is 5.75 Å². The van der Waals surface area contributed by atoms with Gasteiger partial charge in [-0.05, 0) is 42.0 Å². The summed E-state index contributed by atoms with van der Waals surface area (Å²) in [5, 5.41) is 15.9. The summed E-state index contributed by atoms with van der Waals surface area (Å²) < 4.78 is 10.8. The van der Waals surface area contributed by atoms with Gasteiger partial charge in [0.1, 0.15) is 17.3 Å². The number of nitrogens with one attached hydrogen (secondary N) is 2. The number of carbonyl (C=O) groups excluding carboxylic acids is 2. The normalized spacial score (nSPS) is 14.9. The highest BCUT2D eigenvalue weighted by Crippen LogP contribution is 2.31. The number of carbonyl (C=O) groups is 2. The largest absolute Gasteiger partial charge is 0.504 e. The lowest BCUT2D eigenvalue weighted by atomic mass is 10.1. The van der Waals surface area contributed by atoms with Gasteiger partial charge in [-0.2, -0.15) is 0 Å². The molecule has 2 aromatic heterocycles. The number of anilines is 3. The Kier molecular flexibility index (Phi) is 9.83. The molecule has 0 unspecified atom stereocenters. The SMILES string of the molecule is NC(=O)c1nc(NC(=O)Nc2cccc(N3CCOCC3)n2)nc(-c2ccc(C#Cc3ccc(CN4CCOCC4)cc3)cc2)c1O. The minimum absolute atomic E-state index is 0.0203. The predicted molar refractivity (Wildman–Crippen MR) is 176 cm³/mol. The van der Waals surface area contributed by atoms with Crippen LogP contribution >= 0.6 is 0 Å². The Balaban J connectivity index is 1.14. The van der Waals surface area contributed by atoms with Crippen molar-refractivity contribution < 1.29 is 24.2 Å². The van der Waals surface area contributed by atoms with Crippen molar-refractivity contribution in [1.29, 1.82) is 0 Å². The average molecular weight is 635 g/mol. The molecule has 0 aliphatic carbocycles. The van der Waals surface area contributed by atoms with Gasteiger partial charge in [0.05, 0.1) is 26.4 Å². The number of nitrogens with two attached hydrogens (primary N) is 1. The molecule has 4 heterocycles. The van der Waals surface area contributed by atoms with E-state index in [1.165, 1.54) is 5.56 Å². The van der Waals surface area contributed by atoms with Crippen LogP contribution in [-0.2, 0) is 16.0 Å². The van der Waals surface area contributed by atoms with E-state index in [9.17, 15) is 14.7 Å². The first-order valence-electron chi connectivity index (χ1n) is 15.2. The second kappa shape index (κ2) is 14.7. The Hall–Kier alpha value is -5.55. The van der Waals surface area contributed by atoms with Gasteiger partial charge in [0.25, 0.3) is 5.91 Å². The van der Waals surface area contributed by atoms with Crippen molar-refractivity contribution in [2.45, 2.75) is 6.54 Å². The molecule has 6 rings (SSSR count). The fourth-order valence-electron chi connectivity index (χ4n) is 5.16. The van der Waals surface area contributed by atoms with Crippen LogP contribution in [0.3, 0.4) is 0 Å². The lowest BCUT2D eigenvalue weighted by molar-refractivity contribution is 0.0342. The van der Waals surface area contributed by atoms with Crippen molar-refractivity contribution in [3.05, 3.63) is 89.1 Å². The number of hydrogen-bond donors (Lipinski definition) is 4. The van der Waals surface area contributed by atoms with Crippen molar-refractivity contribution >= 4 is 29.5 Å². The molecular formula is C34H34N8O5. The van der Waals surface area contributed by atoms with Gasteiger partial charge in [0.2, 0.25) is 5.95 Å². The fraction of sp³-hybridized carbons (Fsp3) is 0.265. The van der Waals surface area contributed by atoms with E-state index in [0.29, 0.717) is 43.5 Å². The van der Waals surface area contributed by atoms with E-state index in [1.54, 1.807) is 36.4 Å². The van der Waals surface area contributed by atoms with E-state index in [1.807, 2.05) is 18.2 Å². The fourth-order valence-corrected chi connectivity index (χ4v) is 5.16. The highest BCUT2D eigenvalue weighted by Gasteiger charge is 2.21. The van der Waals surface area contributed by atoms with Crippen molar-refractivity contribution in [2.24, 2.45) is 5.73 Å². The van der Waals surface area contributed by atoms with Crippen LogP contribution < -0.4 is 21.3 Å². The molecular weight excluding hydrogens is 600 g/mol. The third-order valence-corrected chi connectivity index (χ3v) is 7.63. The first kappa shape index (κ1) is 31.4. The Morgan fingerprint density at radius 3 is 2.11 bits per heavy atom. The summed E-state index contributed by atoms with van der Waals surface area (Å²) in [4.78, 5) is 42.2. The van der Waals surface area contributed by atoms with Crippen LogP contribution in [0.4, 0.5) is 22.4 Å². The summed E-state index contributed by atoms with van der Waals surface area (Å²) in [5.41, 5.74) is 8.38. The molecule has 3 amide bonds. The van der Waals surface area contributed by atoms with Gasteiger partial charge in [-0.15, -0.1) is 0 Å². The average Bonchev–Trinajstić information content (AvgIpc) is 3.10. The maximum Gasteiger partial charge on any atom is 0.327 e. The second-order valence-electron chi connectivity index (χ2n) is 10.9. The summed E-state index contributed by atoms with van der Waals surface area (Å²) in [6.45, 7) is 6.88. The smallest absolute Gasteiger partial charge is 0.327 e. The summed E-state index contributed by atoms with van der Waals surface area (Å²) in [6.07, 6.45) is 0. The number of primary amides is 1. The third-order valence-electron chi connectivity index (χ3n) is 7.63. The standard InChI is InChI=1S/C34H34N8O5/c35-32(44)30-31(43)29(38-33(39-30)40-34(45)37-27-2-1-3-28(36-27)42-16-20-47-21-17-42)26-12-10-24(11-13-26)5-4-23-6-8-25(9-7-23)22-41-14-18-46-19-15-41/h1-3,6-13,43H,14-22H2,(H2,35,44)(H2,36,37,38,39,40,45). The quantitative estimate of drug-likeness (QED) is 0.222. The highest BCUT2D eigenvalue weighted by molar-refractivity contribution is 6.00. The Morgan fingerprint density at radius 1 is 0.809 bits per heavy atom. The number of aromatic hydroxyl groups is 1. The van der Waals surface area contributed by atoms with Gasteiger partial charge in [-0.25, -0.2) is 19.7 Å². The number of benzene rings is 2. The molecule has 2 fully saturated rings. The number of hydrogen-bond acceptors (Lipinski definition) is 10. The summed E-state index contributed by atoms with van der Waals surface area (Å²) in [7, 11) is 0. The molecule has 0 saturated carbocycles. The molecule has 0 atom stereocenters. The number of pyridine rings is 1. The topological polar surface area (TPSA) is 168 Å². The maximum absolute atomic E-state index is 12.8. The number of ether oxygens (including phenoxy) is 2. The Labute approximate surface area is 271 Å². The van der Waals surface area contributed by atoms with Crippen molar-refractivity contribution in [2.75, 3.05) is 68.1 Å². The molecule has 47 heavy (non-hydrogen) atoms. The van der Waals surface area contributed by atoms with Crippen molar-refractivity contribution in [3.8, 4) is 28.8 Å². The molecule has 2 aliphatic heterocycles. The molecule has 13 nitrogen and oxygen atoms in total. The first-order valence-corrected chi connectivity index (χ1v) is 15.2. The van der Waals surface area contributed by atoms with Crippen molar-refractivity contribution in [3.63, 3.8) is 0 Å². The third kappa shape index (κ3) is 8.19. The number of amides is 3. The number of nitrogens with zero attached hydrogens (tertiary/aromatic N) is 5. The lowest BCUT2D eigenvalue weighted by Crippen LogP contribution is -2.36. The molecule has 4 aromatic rings. The summed E-state index contributed by atoms with van der Waals surface area (Å²) in [6, 6.07) is 19.7. The monoisotopic (exact) mass is 634 g/mol. The van der Waals surface area contributed by atoms with Crippen LogP contribution in [0.25, 0.3) is 11.3 Å². The molecule has 2 saturated heterocycles. The van der Waals surface area contributed by atoms with E-state index in [2.05, 4.69) is 59.4 Å². The Bertz CT molecular complexity index is 1790. The van der Waals surface area contributed by atoms with Crippen LogP contribution in [-0.4, -0.2) is 89.5 Å². The van der Waals surface area contributed by atoms with E-state index in [4.69, 9.17) is 15.2 Å². The molecule has 0 spiro atoms. The van der Waals surface area contributed by atoms with Crippen molar-refractivity contribution in [1.82, 2.24) is 19.9 Å². The molecule has 2 aromatic carbocycles. The van der Waals surface area contributed by atoms with E-state index >= 15 is 0 Å². The maximum atomic E-state index is 12.8. The number of rotatable bonds is 7. The molecule has 2 aliphatic rings. The van der Waals surface area contributed by atoms with E-state index < -0.39 is 23.4 Å². The van der Waals surface area contributed by atoms with Gasteiger partial charge in [0.15, 0.2) is 11.4 Å². The summed E-state index contributed by atoms with van der Waals surface area (Å²) >= 11 is 0. The highest BCUT2D eigenvalue weighted by atomic mass is 16.5. The van der Waals surface area contributed by atoms with Crippen LogP contribution in [0.15, 0.2) is 66.7 Å². The molecule has 0 radical (unpaired) electrons. The molecule has 5 N–H and O–H groups in total. The van der Waals surface area contributed by atoms with Gasteiger partial charge in [-0.1, -0.05) is 42.2 Å². The second-order valence-corrected chi connectivity index (χ2v) is 10.9. The van der Waals surface area contributed by atoms with Gasteiger partial charge in [0, 0.05) is 49.4 Å². The lowest BCUT2D eigenvalue weighted by Gasteiger charge is -2.27. The molecule has 240 valence electrons. The zero-order valence-electron chi connectivity index (χ0n) is 25.6. The van der Waals surface area contributed by atoms with E-state index in [-0.39, 0.29) is 11.6 Å². The number of aromatic nitrogens is 3. The molecule has 13 heteroatoms. The van der Waals surface area contributed by atoms with Crippen LogP contribution in [0.1, 0.15) is 27.2 Å². The van der Waals surface area contributed by atoms with Gasteiger partial charge < -0.3 is 25.2 Å². The first-order chi connectivity index (χ1) is 22.9. The molecule has 0 bridgehead atoms. The summed E-state index contributed by atoms with van der Waals surface area (Å²) in [5.74, 6) is 5.62.